The summed E-state index contributed by atoms with van der Waals surface area (Å²) in [4.78, 5) is 11.4. The zero-order valence-electron chi connectivity index (χ0n) is 12.8. The van der Waals surface area contributed by atoms with Gasteiger partial charge < -0.3 is 10.1 Å². The van der Waals surface area contributed by atoms with E-state index in [1.54, 1.807) is 11.2 Å². The fourth-order valence-electron chi connectivity index (χ4n) is 3.35. The van der Waals surface area contributed by atoms with Gasteiger partial charge >= 0.3 is 5.97 Å². The maximum Gasteiger partial charge on any atom is 0.306 e. The monoisotopic (exact) mass is 318 g/mol. The van der Waals surface area contributed by atoms with Crippen LogP contribution in [0.5, 0.6) is 0 Å². The Kier molecular flexibility index (Phi) is 5.62. The highest BCUT2D eigenvalue weighted by atomic mass is 32.2. The number of esters is 1. The molecule has 0 saturated carbocycles. The first kappa shape index (κ1) is 16.7. The van der Waals surface area contributed by atoms with Crippen LogP contribution in [-0.4, -0.2) is 57.2 Å². The fourth-order valence-corrected chi connectivity index (χ4v) is 4.91. The van der Waals surface area contributed by atoms with Crippen LogP contribution in [0.15, 0.2) is 0 Å². The Labute approximate surface area is 127 Å². The number of nitrogens with one attached hydrogen (secondary N) is 1. The SMILES string of the molecule is CCOC(=O)CCS(=O)(=O)N1CCCC2(CCCNC2)C1. The van der Waals surface area contributed by atoms with E-state index in [-0.39, 0.29) is 24.2 Å². The minimum Gasteiger partial charge on any atom is -0.466 e. The van der Waals surface area contributed by atoms with Crippen LogP contribution in [0.1, 0.15) is 39.0 Å². The predicted molar refractivity (Wildman–Crippen MR) is 80.4 cm³/mol. The van der Waals surface area contributed by atoms with Crippen LogP contribution >= 0.6 is 0 Å². The van der Waals surface area contributed by atoms with Crippen LogP contribution < -0.4 is 5.32 Å². The number of rotatable bonds is 5. The maximum atomic E-state index is 12.4. The smallest absolute Gasteiger partial charge is 0.306 e. The van der Waals surface area contributed by atoms with E-state index in [1.807, 2.05) is 0 Å². The van der Waals surface area contributed by atoms with Gasteiger partial charge in [-0.15, -0.1) is 0 Å². The van der Waals surface area contributed by atoms with Gasteiger partial charge in [-0.1, -0.05) is 0 Å². The lowest BCUT2D eigenvalue weighted by Gasteiger charge is -2.44. The Morgan fingerprint density at radius 1 is 1.33 bits per heavy atom. The van der Waals surface area contributed by atoms with Crippen molar-refractivity contribution in [1.29, 1.82) is 0 Å². The molecule has 1 atom stereocenters. The molecule has 0 aromatic heterocycles. The average molecular weight is 318 g/mol. The van der Waals surface area contributed by atoms with Crippen molar-refractivity contribution in [2.45, 2.75) is 39.0 Å². The molecular weight excluding hydrogens is 292 g/mol. The van der Waals surface area contributed by atoms with Crippen LogP contribution in [0, 0.1) is 5.41 Å². The summed E-state index contributed by atoms with van der Waals surface area (Å²) in [6.07, 6.45) is 4.13. The van der Waals surface area contributed by atoms with Crippen molar-refractivity contribution in [1.82, 2.24) is 9.62 Å². The zero-order valence-corrected chi connectivity index (χ0v) is 13.6. The van der Waals surface area contributed by atoms with Crippen molar-refractivity contribution < 1.29 is 17.9 Å². The number of carbonyl (C=O) groups is 1. The molecule has 0 bridgehead atoms. The van der Waals surface area contributed by atoms with E-state index in [0.717, 1.165) is 38.8 Å². The lowest BCUT2D eigenvalue weighted by atomic mass is 9.75. The summed E-state index contributed by atoms with van der Waals surface area (Å²) in [5.74, 6) is -0.581. The van der Waals surface area contributed by atoms with Crippen molar-refractivity contribution in [3.63, 3.8) is 0 Å². The molecule has 122 valence electrons. The molecule has 7 heteroatoms. The second-order valence-electron chi connectivity index (χ2n) is 6.09. The lowest BCUT2D eigenvalue weighted by Crippen LogP contribution is -2.52. The number of sulfonamides is 1. The molecule has 1 unspecified atom stereocenters. The molecule has 0 aromatic carbocycles. The Morgan fingerprint density at radius 2 is 2.10 bits per heavy atom. The Hall–Kier alpha value is -0.660. The van der Waals surface area contributed by atoms with Gasteiger partial charge in [-0.3, -0.25) is 4.79 Å². The second kappa shape index (κ2) is 7.07. The first-order chi connectivity index (χ1) is 9.97. The molecule has 0 aliphatic carbocycles. The van der Waals surface area contributed by atoms with Crippen LogP contribution in [0.25, 0.3) is 0 Å². The second-order valence-corrected chi connectivity index (χ2v) is 8.18. The highest BCUT2D eigenvalue weighted by Crippen LogP contribution is 2.36. The molecule has 1 N–H and O–H groups in total. The third kappa shape index (κ3) is 4.40. The van der Waals surface area contributed by atoms with Crippen molar-refractivity contribution in [3.8, 4) is 0 Å². The highest BCUT2D eigenvalue weighted by Gasteiger charge is 2.40. The molecule has 1 spiro atoms. The summed E-state index contributed by atoms with van der Waals surface area (Å²) >= 11 is 0. The van der Waals surface area contributed by atoms with Crippen LogP contribution in [0.3, 0.4) is 0 Å². The summed E-state index contributed by atoms with van der Waals surface area (Å²) in [5, 5.41) is 3.39. The predicted octanol–water partition coefficient (Wildman–Crippen LogP) is 0.735. The largest absolute Gasteiger partial charge is 0.466 e. The molecule has 0 aromatic rings. The summed E-state index contributed by atoms with van der Waals surface area (Å²) in [6, 6.07) is 0. The van der Waals surface area contributed by atoms with Crippen molar-refractivity contribution in [2.75, 3.05) is 38.5 Å². The van der Waals surface area contributed by atoms with Crippen LogP contribution in [0.4, 0.5) is 0 Å². The molecule has 2 fully saturated rings. The van der Waals surface area contributed by atoms with Gasteiger partial charge in [0.25, 0.3) is 0 Å². The fraction of sp³-hybridized carbons (Fsp3) is 0.929. The summed E-state index contributed by atoms with van der Waals surface area (Å²) < 4.78 is 31.2. The van der Waals surface area contributed by atoms with E-state index >= 15 is 0 Å². The zero-order chi connectivity index (χ0) is 15.3. The Balaban J connectivity index is 1.94. The average Bonchev–Trinajstić information content (AvgIpc) is 2.46. The number of hydrogen-bond donors (Lipinski definition) is 1. The molecule has 0 amide bonds. The van der Waals surface area contributed by atoms with Crippen LogP contribution in [0.2, 0.25) is 0 Å². The molecule has 6 nitrogen and oxygen atoms in total. The number of nitrogens with zero attached hydrogens (tertiary/aromatic N) is 1. The van der Waals surface area contributed by atoms with E-state index < -0.39 is 16.0 Å². The van der Waals surface area contributed by atoms with E-state index in [1.165, 1.54) is 0 Å². The first-order valence-corrected chi connectivity index (χ1v) is 9.43. The molecule has 2 heterocycles. The third-order valence-corrected chi connectivity index (χ3v) is 6.27. The molecule has 2 aliphatic rings. The van der Waals surface area contributed by atoms with Crippen molar-refractivity contribution in [3.05, 3.63) is 0 Å². The van der Waals surface area contributed by atoms with Gasteiger partial charge in [-0.2, -0.15) is 0 Å². The summed E-state index contributed by atoms with van der Waals surface area (Å²) in [6.45, 7) is 5.10. The topological polar surface area (TPSA) is 75.7 Å². The molecule has 2 rings (SSSR count). The third-order valence-electron chi connectivity index (χ3n) is 4.45. The quantitative estimate of drug-likeness (QED) is 0.757. The Bertz CT molecular complexity index is 452. The Morgan fingerprint density at radius 3 is 2.76 bits per heavy atom. The summed E-state index contributed by atoms with van der Waals surface area (Å²) in [7, 11) is -3.37. The first-order valence-electron chi connectivity index (χ1n) is 7.82. The van der Waals surface area contributed by atoms with E-state index in [2.05, 4.69) is 5.32 Å². The number of piperidine rings is 2. The number of hydrogen-bond acceptors (Lipinski definition) is 5. The van der Waals surface area contributed by atoms with Gasteiger partial charge in [0.05, 0.1) is 18.8 Å². The van der Waals surface area contributed by atoms with Gasteiger partial charge in [-0.25, -0.2) is 12.7 Å². The van der Waals surface area contributed by atoms with Gasteiger partial charge in [0.1, 0.15) is 0 Å². The minimum atomic E-state index is -3.37. The molecule has 21 heavy (non-hydrogen) atoms. The number of carbonyl (C=O) groups excluding carboxylic acids is 1. The minimum absolute atomic E-state index is 0.0576. The van der Waals surface area contributed by atoms with E-state index in [0.29, 0.717) is 13.1 Å². The van der Waals surface area contributed by atoms with Gasteiger partial charge in [0.2, 0.25) is 10.0 Å². The molecule has 2 saturated heterocycles. The van der Waals surface area contributed by atoms with Crippen molar-refractivity contribution >= 4 is 16.0 Å². The van der Waals surface area contributed by atoms with Gasteiger partial charge in [0, 0.05) is 19.6 Å². The van der Waals surface area contributed by atoms with E-state index in [9.17, 15) is 13.2 Å². The van der Waals surface area contributed by atoms with Crippen molar-refractivity contribution in [2.24, 2.45) is 5.41 Å². The number of ether oxygens (including phenoxy) is 1. The van der Waals surface area contributed by atoms with Gasteiger partial charge in [-0.05, 0) is 44.6 Å². The summed E-state index contributed by atoms with van der Waals surface area (Å²) in [5.41, 5.74) is 0.0908. The van der Waals surface area contributed by atoms with Gasteiger partial charge in [0.15, 0.2) is 0 Å². The highest BCUT2D eigenvalue weighted by molar-refractivity contribution is 7.89. The lowest BCUT2D eigenvalue weighted by molar-refractivity contribution is -0.142. The van der Waals surface area contributed by atoms with E-state index in [4.69, 9.17) is 4.74 Å². The molecule has 2 aliphatic heterocycles. The van der Waals surface area contributed by atoms with Crippen LogP contribution in [-0.2, 0) is 19.6 Å². The molecular formula is C14H26N2O4S. The standard InChI is InChI=1S/C14H26N2O4S/c1-2-20-13(17)5-10-21(18,19)16-9-4-7-14(12-16)6-3-8-15-11-14/h15H,2-12H2,1H3. The molecule has 0 radical (unpaired) electrons. The maximum absolute atomic E-state index is 12.4. The normalized spacial score (nSPS) is 27.7.